The van der Waals surface area contributed by atoms with Crippen LogP contribution in [0.4, 0.5) is 0 Å². The molecule has 1 aliphatic heterocycles. The second-order valence-electron chi connectivity index (χ2n) is 5.47. The van der Waals surface area contributed by atoms with Crippen LogP contribution in [-0.2, 0) is 0 Å². The maximum atomic E-state index is 12.7. The highest BCUT2D eigenvalue weighted by atomic mass is 16.5. The van der Waals surface area contributed by atoms with Gasteiger partial charge >= 0.3 is 0 Å². The molecule has 3 aromatic rings. The fraction of sp³-hybridized carbons (Fsp3) is 0.111. The molecule has 0 spiro atoms. The largest absolute Gasteiger partial charge is 0.491 e. The number of carbonyl (C=O) groups excluding carboxylic acids is 1. The second kappa shape index (κ2) is 5.28. The van der Waals surface area contributed by atoms with E-state index in [-0.39, 0.29) is 17.5 Å². The van der Waals surface area contributed by atoms with Crippen LogP contribution < -0.4 is 15.6 Å². The lowest BCUT2D eigenvalue weighted by atomic mass is 10.1. The number of ether oxygens (including phenoxy) is 1. The molecule has 2 N–H and O–H groups in total. The Hall–Kier alpha value is -3.08. The van der Waals surface area contributed by atoms with Gasteiger partial charge in [-0.3, -0.25) is 9.59 Å². The highest BCUT2D eigenvalue weighted by Crippen LogP contribution is 2.32. The van der Waals surface area contributed by atoms with E-state index in [0.717, 1.165) is 16.7 Å². The van der Waals surface area contributed by atoms with Crippen LogP contribution in [0.5, 0.6) is 5.75 Å². The van der Waals surface area contributed by atoms with E-state index in [9.17, 15) is 9.59 Å². The average molecular weight is 306 g/mol. The van der Waals surface area contributed by atoms with Crippen molar-refractivity contribution in [2.45, 2.75) is 6.04 Å². The van der Waals surface area contributed by atoms with Crippen LogP contribution in [0.2, 0.25) is 0 Å². The van der Waals surface area contributed by atoms with Gasteiger partial charge in [-0.1, -0.05) is 36.4 Å². The summed E-state index contributed by atoms with van der Waals surface area (Å²) in [6.45, 7) is 0.395. The van der Waals surface area contributed by atoms with Crippen molar-refractivity contribution >= 4 is 16.8 Å². The van der Waals surface area contributed by atoms with Gasteiger partial charge in [0.1, 0.15) is 12.4 Å². The molecule has 0 saturated carbocycles. The normalized spacial score (nSPS) is 15.9. The topological polar surface area (TPSA) is 71.2 Å². The number of aromatic nitrogens is 1. The van der Waals surface area contributed by atoms with Gasteiger partial charge < -0.3 is 15.0 Å². The molecule has 2 aromatic carbocycles. The molecular formula is C18H14N2O3. The maximum Gasteiger partial charge on any atom is 0.252 e. The third-order valence-electron chi connectivity index (χ3n) is 4.00. The van der Waals surface area contributed by atoms with Gasteiger partial charge in [-0.05, 0) is 12.1 Å². The molecule has 1 unspecified atom stereocenters. The summed E-state index contributed by atoms with van der Waals surface area (Å²) in [5, 5.41) is 3.67. The van der Waals surface area contributed by atoms with Crippen LogP contribution in [-0.4, -0.2) is 17.5 Å². The van der Waals surface area contributed by atoms with Crippen LogP contribution in [0, 0.1) is 0 Å². The Bertz CT molecular complexity index is 962. The zero-order chi connectivity index (χ0) is 15.8. The Morgan fingerprint density at radius 3 is 2.83 bits per heavy atom. The highest BCUT2D eigenvalue weighted by molar-refractivity contribution is 6.06. The van der Waals surface area contributed by atoms with Crippen molar-refractivity contribution in [3.05, 3.63) is 76.1 Å². The molecule has 0 saturated heterocycles. The van der Waals surface area contributed by atoms with E-state index in [4.69, 9.17) is 4.74 Å². The van der Waals surface area contributed by atoms with Crippen molar-refractivity contribution in [3.8, 4) is 5.75 Å². The molecule has 4 rings (SSSR count). The summed E-state index contributed by atoms with van der Waals surface area (Å²) in [7, 11) is 0. The molecule has 0 aliphatic carbocycles. The summed E-state index contributed by atoms with van der Waals surface area (Å²) in [6.07, 6.45) is 0. The highest BCUT2D eigenvalue weighted by Gasteiger charge is 2.26. The predicted molar refractivity (Wildman–Crippen MR) is 86.7 cm³/mol. The van der Waals surface area contributed by atoms with Crippen LogP contribution in [0.15, 0.2) is 59.4 Å². The molecule has 0 bridgehead atoms. The van der Waals surface area contributed by atoms with Gasteiger partial charge in [0.2, 0.25) is 5.56 Å². The molecule has 1 aliphatic rings. The first kappa shape index (κ1) is 13.6. The molecular weight excluding hydrogens is 292 g/mol. The molecule has 5 heteroatoms. The fourth-order valence-electron chi connectivity index (χ4n) is 2.91. The Morgan fingerprint density at radius 1 is 1.13 bits per heavy atom. The third-order valence-corrected chi connectivity index (χ3v) is 4.00. The third kappa shape index (κ3) is 2.36. The van der Waals surface area contributed by atoms with Gasteiger partial charge in [0.15, 0.2) is 0 Å². The Kier molecular flexibility index (Phi) is 3.12. The number of nitrogens with one attached hydrogen (secondary N) is 2. The summed E-state index contributed by atoms with van der Waals surface area (Å²) in [5.41, 5.74) is 1.67. The number of benzene rings is 2. The van der Waals surface area contributed by atoms with E-state index in [1.165, 1.54) is 6.07 Å². The van der Waals surface area contributed by atoms with Crippen molar-refractivity contribution in [1.82, 2.24) is 10.3 Å². The first-order valence-electron chi connectivity index (χ1n) is 7.37. The molecule has 2 heterocycles. The summed E-state index contributed by atoms with van der Waals surface area (Å²) >= 11 is 0. The van der Waals surface area contributed by atoms with Crippen molar-refractivity contribution in [2.24, 2.45) is 0 Å². The van der Waals surface area contributed by atoms with Gasteiger partial charge in [0, 0.05) is 22.5 Å². The van der Waals surface area contributed by atoms with Gasteiger partial charge in [-0.15, -0.1) is 0 Å². The first-order chi connectivity index (χ1) is 11.2. The maximum absolute atomic E-state index is 12.7. The van der Waals surface area contributed by atoms with Gasteiger partial charge in [0.25, 0.3) is 5.91 Å². The predicted octanol–water partition coefficient (Wildman–Crippen LogP) is 2.39. The zero-order valence-corrected chi connectivity index (χ0v) is 12.2. The van der Waals surface area contributed by atoms with Crippen LogP contribution in [0.25, 0.3) is 10.9 Å². The smallest absolute Gasteiger partial charge is 0.252 e. The summed E-state index contributed by atoms with van der Waals surface area (Å²) in [5.74, 6) is 0.506. The molecule has 1 atom stereocenters. The number of aromatic amines is 1. The quantitative estimate of drug-likeness (QED) is 0.763. The van der Waals surface area contributed by atoms with Gasteiger partial charge in [0.05, 0.1) is 11.6 Å². The number of hydrogen-bond donors (Lipinski definition) is 2. The Labute approximate surface area is 131 Å². The number of H-pyrrole nitrogens is 1. The first-order valence-corrected chi connectivity index (χ1v) is 7.37. The average Bonchev–Trinajstić information content (AvgIpc) is 2.97. The van der Waals surface area contributed by atoms with E-state index < -0.39 is 0 Å². The Morgan fingerprint density at radius 2 is 1.91 bits per heavy atom. The number of para-hydroxylation sites is 2. The minimum absolute atomic E-state index is 0.211. The van der Waals surface area contributed by atoms with Crippen LogP contribution in [0.3, 0.4) is 0 Å². The van der Waals surface area contributed by atoms with Gasteiger partial charge in [-0.25, -0.2) is 0 Å². The Balaban J connectivity index is 1.70. The van der Waals surface area contributed by atoms with Crippen molar-refractivity contribution in [3.63, 3.8) is 0 Å². The minimum atomic E-state index is -0.295. The van der Waals surface area contributed by atoms with Crippen molar-refractivity contribution < 1.29 is 9.53 Å². The summed E-state index contributed by atoms with van der Waals surface area (Å²) < 4.78 is 5.58. The lowest BCUT2D eigenvalue weighted by molar-refractivity contribution is 0.0932. The number of carbonyl (C=O) groups is 1. The second-order valence-corrected chi connectivity index (χ2v) is 5.47. The number of amides is 1. The van der Waals surface area contributed by atoms with E-state index in [0.29, 0.717) is 17.7 Å². The number of rotatable bonds is 2. The van der Waals surface area contributed by atoms with Crippen molar-refractivity contribution in [2.75, 3.05) is 6.61 Å². The fourth-order valence-corrected chi connectivity index (χ4v) is 2.91. The standard InChI is InChI=1S/C18H14N2O3/c21-17-9-13(11-5-1-3-7-14(11)19-17)18(22)20-15-10-23-16-8-4-2-6-12(15)16/h1-9,15H,10H2,(H,19,21)(H,20,22). The number of fused-ring (bicyclic) bond motifs is 2. The SMILES string of the molecule is O=C(NC1COc2ccccc21)c1cc(=O)[nH]c2ccccc12. The number of hydrogen-bond acceptors (Lipinski definition) is 3. The molecule has 1 amide bonds. The van der Waals surface area contributed by atoms with Gasteiger partial charge in [-0.2, -0.15) is 0 Å². The van der Waals surface area contributed by atoms with E-state index in [1.807, 2.05) is 42.5 Å². The van der Waals surface area contributed by atoms with Crippen LogP contribution >= 0.6 is 0 Å². The summed E-state index contributed by atoms with van der Waals surface area (Å²) in [4.78, 5) is 27.2. The monoisotopic (exact) mass is 306 g/mol. The lowest BCUT2D eigenvalue weighted by Gasteiger charge is -2.13. The van der Waals surface area contributed by atoms with E-state index in [2.05, 4.69) is 10.3 Å². The molecule has 0 fully saturated rings. The molecule has 23 heavy (non-hydrogen) atoms. The lowest BCUT2D eigenvalue weighted by Crippen LogP contribution is -2.30. The molecule has 0 radical (unpaired) electrons. The van der Waals surface area contributed by atoms with E-state index >= 15 is 0 Å². The molecule has 5 nitrogen and oxygen atoms in total. The van der Waals surface area contributed by atoms with Crippen LogP contribution in [0.1, 0.15) is 22.0 Å². The number of pyridine rings is 1. The van der Waals surface area contributed by atoms with Crippen molar-refractivity contribution in [1.29, 1.82) is 0 Å². The van der Waals surface area contributed by atoms with E-state index in [1.54, 1.807) is 6.07 Å². The zero-order valence-electron chi connectivity index (χ0n) is 12.2. The molecule has 1 aromatic heterocycles. The molecule has 114 valence electrons. The minimum Gasteiger partial charge on any atom is -0.491 e. The summed E-state index contributed by atoms with van der Waals surface area (Å²) in [6, 6.07) is 16.0.